The summed E-state index contributed by atoms with van der Waals surface area (Å²) in [5, 5.41) is 4.39. The van der Waals surface area contributed by atoms with Gasteiger partial charge in [0, 0.05) is 17.9 Å². The minimum atomic E-state index is 0.674. The number of rotatable bonds is 4. The molecule has 0 radical (unpaired) electrons. The zero-order chi connectivity index (χ0) is 6.41. The van der Waals surface area contributed by atoms with Gasteiger partial charge in [-0.1, -0.05) is 22.9 Å². The second kappa shape index (κ2) is 5.57. The number of hydrogen-bond acceptors (Lipinski definition) is 1. The normalized spacial score (nSPS) is 13.9. The Morgan fingerprint density at radius 1 is 1.62 bits per heavy atom. The van der Waals surface area contributed by atoms with Crippen LogP contribution in [0.15, 0.2) is 0 Å². The van der Waals surface area contributed by atoms with Crippen molar-refractivity contribution in [3.8, 4) is 0 Å². The maximum Gasteiger partial charge on any atom is 0.0157 e. The summed E-state index contributed by atoms with van der Waals surface area (Å²) >= 11 is 3.34. The van der Waals surface area contributed by atoms with Gasteiger partial charge in [-0.2, -0.15) is 0 Å². The molecule has 0 saturated heterocycles. The fraction of sp³-hybridized carbons (Fsp3) is 1.00. The van der Waals surface area contributed by atoms with E-state index in [0.717, 1.165) is 11.9 Å². The Morgan fingerprint density at radius 3 is 2.62 bits per heavy atom. The van der Waals surface area contributed by atoms with E-state index in [1.165, 1.54) is 6.42 Å². The fourth-order valence-electron chi connectivity index (χ4n) is 0.445. The van der Waals surface area contributed by atoms with Crippen LogP contribution in [-0.4, -0.2) is 17.9 Å². The van der Waals surface area contributed by atoms with Gasteiger partial charge < -0.3 is 5.32 Å². The Labute approximate surface area is 60.0 Å². The van der Waals surface area contributed by atoms with Crippen LogP contribution in [0.4, 0.5) is 0 Å². The van der Waals surface area contributed by atoms with E-state index in [2.05, 4.69) is 35.1 Å². The molecule has 0 heterocycles. The van der Waals surface area contributed by atoms with Crippen LogP contribution in [-0.2, 0) is 0 Å². The summed E-state index contributed by atoms with van der Waals surface area (Å²) in [4.78, 5) is 0. The molecular weight excluding hydrogens is 166 g/mol. The molecule has 1 unspecified atom stereocenters. The maximum absolute atomic E-state index is 3.34. The molecule has 0 amide bonds. The van der Waals surface area contributed by atoms with E-state index >= 15 is 0 Å². The highest BCUT2D eigenvalue weighted by Gasteiger charge is 1.92. The molecule has 0 saturated carbocycles. The molecule has 1 atom stereocenters. The third-order valence-electron chi connectivity index (χ3n) is 1.20. The lowest BCUT2D eigenvalue weighted by molar-refractivity contribution is 0.556. The Bertz CT molecular complexity index is 47.8. The Morgan fingerprint density at radius 2 is 2.25 bits per heavy atom. The SMILES string of the molecule is CCC(C)NCCBr. The van der Waals surface area contributed by atoms with Gasteiger partial charge in [-0.05, 0) is 13.3 Å². The summed E-state index contributed by atoms with van der Waals surface area (Å²) in [5.74, 6) is 0. The average Bonchev–Trinajstić information content (AvgIpc) is 1.83. The second-order valence-corrected chi connectivity index (χ2v) is 2.75. The lowest BCUT2D eigenvalue weighted by Crippen LogP contribution is -2.26. The fourth-order valence-corrected chi connectivity index (χ4v) is 0.674. The molecule has 50 valence electrons. The first-order chi connectivity index (χ1) is 3.81. The molecule has 0 aromatic carbocycles. The first kappa shape index (κ1) is 8.44. The van der Waals surface area contributed by atoms with Gasteiger partial charge in [0.1, 0.15) is 0 Å². The molecular formula is C6H14BrN. The molecule has 0 fully saturated rings. The zero-order valence-corrected chi connectivity index (χ0v) is 7.16. The van der Waals surface area contributed by atoms with E-state index in [1.807, 2.05) is 0 Å². The summed E-state index contributed by atoms with van der Waals surface area (Å²) in [6, 6.07) is 0.674. The van der Waals surface area contributed by atoms with Crippen molar-refractivity contribution < 1.29 is 0 Å². The molecule has 8 heavy (non-hydrogen) atoms. The highest BCUT2D eigenvalue weighted by Crippen LogP contribution is 1.86. The van der Waals surface area contributed by atoms with Crippen molar-refractivity contribution in [1.82, 2.24) is 5.32 Å². The van der Waals surface area contributed by atoms with E-state index in [9.17, 15) is 0 Å². The second-order valence-electron chi connectivity index (χ2n) is 1.95. The predicted octanol–water partition coefficient (Wildman–Crippen LogP) is 1.77. The number of hydrogen-bond donors (Lipinski definition) is 1. The van der Waals surface area contributed by atoms with Crippen LogP contribution in [0.3, 0.4) is 0 Å². The van der Waals surface area contributed by atoms with E-state index in [0.29, 0.717) is 6.04 Å². The van der Waals surface area contributed by atoms with Gasteiger partial charge in [-0.3, -0.25) is 0 Å². The van der Waals surface area contributed by atoms with Crippen LogP contribution in [0.2, 0.25) is 0 Å². The van der Waals surface area contributed by atoms with Gasteiger partial charge in [0.25, 0.3) is 0 Å². The van der Waals surface area contributed by atoms with Crippen LogP contribution < -0.4 is 5.32 Å². The Balaban J connectivity index is 2.86. The molecule has 1 nitrogen and oxygen atoms in total. The highest BCUT2D eigenvalue weighted by molar-refractivity contribution is 9.09. The smallest absolute Gasteiger partial charge is 0.0157 e. The van der Waals surface area contributed by atoms with Gasteiger partial charge >= 0.3 is 0 Å². The molecule has 0 aromatic rings. The third kappa shape index (κ3) is 4.60. The van der Waals surface area contributed by atoms with Crippen molar-refractivity contribution >= 4 is 15.9 Å². The van der Waals surface area contributed by atoms with Crippen LogP contribution in [0.5, 0.6) is 0 Å². The summed E-state index contributed by atoms with van der Waals surface area (Å²) in [7, 11) is 0. The molecule has 0 aliphatic rings. The van der Waals surface area contributed by atoms with Crippen molar-refractivity contribution in [2.45, 2.75) is 26.3 Å². The quantitative estimate of drug-likeness (QED) is 0.650. The molecule has 0 aromatic heterocycles. The minimum absolute atomic E-state index is 0.674. The monoisotopic (exact) mass is 179 g/mol. The van der Waals surface area contributed by atoms with Crippen molar-refractivity contribution in [2.24, 2.45) is 0 Å². The molecule has 1 N–H and O–H groups in total. The average molecular weight is 180 g/mol. The van der Waals surface area contributed by atoms with Crippen molar-refractivity contribution in [3.63, 3.8) is 0 Å². The Hall–Kier alpha value is 0.440. The third-order valence-corrected chi connectivity index (χ3v) is 1.60. The summed E-state index contributed by atoms with van der Waals surface area (Å²) < 4.78 is 0. The molecule has 0 rings (SSSR count). The largest absolute Gasteiger partial charge is 0.313 e. The minimum Gasteiger partial charge on any atom is -0.313 e. The number of alkyl halides is 1. The van der Waals surface area contributed by atoms with Crippen LogP contribution >= 0.6 is 15.9 Å². The topological polar surface area (TPSA) is 12.0 Å². The van der Waals surface area contributed by atoms with Crippen LogP contribution in [0.25, 0.3) is 0 Å². The van der Waals surface area contributed by atoms with E-state index < -0.39 is 0 Å². The van der Waals surface area contributed by atoms with Crippen molar-refractivity contribution in [2.75, 3.05) is 11.9 Å². The van der Waals surface area contributed by atoms with Crippen LogP contribution in [0, 0.1) is 0 Å². The molecule has 0 bridgehead atoms. The summed E-state index contributed by atoms with van der Waals surface area (Å²) in [6.45, 7) is 5.46. The zero-order valence-electron chi connectivity index (χ0n) is 5.58. The maximum atomic E-state index is 3.34. The number of halogens is 1. The lowest BCUT2D eigenvalue weighted by atomic mass is 10.3. The molecule has 2 heteroatoms. The van der Waals surface area contributed by atoms with Crippen molar-refractivity contribution in [3.05, 3.63) is 0 Å². The standard InChI is InChI=1S/C6H14BrN/c1-3-6(2)8-5-4-7/h6,8H,3-5H2,1-2H3. The van der Waals surface area contributed by atoms with Crippen LogP contribution in [0.1, 0.15) is 20.3 Å². The first-order valence-electron chi connectivity index (χ1n) is 3.10. The van der Waals surface area contributed by atoms with Gasteiger partial charge in [-0.25, -0.2) is 0 Å². The summed E-state index contributed by atoms with van der Waals surface area (Å²) in [5.41, 5.74) is 0. The Kier molecular flexibility index (Phi) is 5.88. The predicted molar refractivity (Wildman–Crippen MR) is 41.5 cm³/mol. The van der Waals surface area contributed by atoms with Crippen molar-refractivity contribution in [1.29, 1.82) is 0 Å². The van der Waals surface area contributed by atoms with E-state index in [-0.39, 0.29) is 0 Å². The molecule has 0 spiro atoms. The first-order valence-corrected chi connectivity index (χ1v) is 4.22. The van der Waals surface area contributed by atoms with E-state index in [4.69, 9.17) is 0 Å². The van der Waals surface area contributed by atoms with Gasteiger partial charge in [0.2, 0.25) is 0 Å². The van der Waals surface area contributed by atoms with Gasteiger partial charge in [-0.15, -0.1) is 0 Å². The summed E-state index contributed by atoms with van der Waals surface area (Å²) in [6.07, 6.45) is 1.22. The number of nitrogens with one attached hydrogen (secondary N) is 1. The van der Waals surface area contributed by atoms with Gasteiger partial charge in [0.15, 0.2) is 0 Å². The molecule has 0 aliphatic carbocycles. The van der Waals surface area contributed by atoms with E-state index in [1.54, 1.807) is 0 Å². The highest BCUT2D eigenvalue weighted by atomic mass is 79.9. The van der Waals surface area contributed by atoms with Gasteiger partial charge in [0.05, 0.1) is 0 Å². The lowest BCUT2D eigenvalue weighted by Gasteiger charge is -2.07. The molecule has 0 aliphatic heterocycles.